The van der Waals surface area contributed by atoms with Crippen LogP contribution in [0, 0.1) is 5.92 Å². The van der Waals surface area contributed by atoms with E-state index in [0.29, 0.717) is 5.92 Å². The molecule has 0 bridgehead atoms. The third-order valence-corrected chi connectivity index (χ3v) is 4.07. The molecule has 1 heterocycles. The Morgan fingerprint density at radius 3 is 2.92 bits per heavy atom. The Hall–Kier alpha value is -0.370. The number of thiazole rings is 1. The summed E-state index contributed by atoms with van der Waals surface area (Å²) in [7, 11) is 0. The first-order valence-corrected chi connectivity index (χ1v) is 6.00. The van der Waals surface area contributed by atoms with Crippen molar-refractivity contribution in [3.63, 3.8) is 0 Å². The van der Waals surface area contributed by atoms with Crippen molar-refractivity contribution in [3.05, 3.63) is 15.6 Å². The SMILES string of the molecule is CCc1nc2c(s1)CC(C)CC2C. The summed E-state index contributed by atoms with van der Waals surface area (Å²) in [5, 5.41) is 1.32. The van der Waals surface area contributed by atoms with Gasteiger partial charge in [-0.05, 0) is 31.1 Å². The molecule has 2 atom stereocenters. The van der Waals surface area contributed by atoms with E-state index in [1.165, 1.54) is 23.5 Å². The summed E-state index contributed by atoms with van der Waals surface area (Å²) in [6.07, 6.45) is 3.68. The van der Waals surface area contributed by atoms with Crippen LogP contribution in [0.5, 0.6) is 0 Å². The zero-order chi connectivity index (χ0) is 9.42. The highest BCUT2D eigenvalue weighted by Crippen LogP contribution is 2.37. The van der Waals surface area contributed by atoms with E-state index in [1.54, 1.807) is 4.88 Å². The minimum Gasteiger partial charge on any atom is -0.246 e. The van der Waals surface area contributed by atoms with E-state index in [9.17, 15) is 0 Å². The molecule has 0 amide bonds. The Kier molecular flexibility index (Phi) is 2.41. The lowest BCUT2D eigenvalue weighted by Crippen LogP contribution is -2.13. The minimum atomic E-state index is 0.690. The molecule has 1 aliphatic rings. The average molecular weight is 195 g/mol. The molecule has 0 saturated heterocycles. The number of rotatable bonds is 1. The topological polar surface area (TPSA) is 12.9 Å². The fourth-order valence-electron chi connectivity index (χ4n) is 2.21. The van der Waals surface area contributed by atoms with E-state index in [1.807, 2.05) is 11.3 Å². The molecule has 2 heteroatoms. The van der Waals surface area contributed by atoms with Crippen molar-refractivity contribution in [2.45, 2.75) is 46.0 Å². The second-order valence-electron chi connectivity index (χ2n) is 4.22. The van der Waals surface area contributed by atoms with Gasteiger partial charge in [-0.1, -0.05) is 20.8 Å². The number of hydrogen-bond donors (Lipinski definition) is 0. The second-order valence-corrected chi connectivity index (χ2v) is 5.38. The zero-order valence-electron chi connectivity index (χ0n) is 8.63. The summed E-state index contributed by atoms with van der Waals surface area (Å²) in [5.41, 5.74) is 1.40. The standard InChI is InChI=1S/C11H17NS/c1-4-10-12-11-8(3)5-7(2)6-9(11)13-10/h7-8H,4-6H2,1-3H3. The van der Waals surface area contributed by atoms with Crippen molar-refractivity contribution in [2.24, 2.45) is 5.92 Å². The molecule has 0 saturated carbocycles. The van der Waals surface area contributed by atoms with Crippen LogP contribution in [0.15, 0.2) is 0 Å². The lowest BCUT2D eigenvalue weighted by atomic mass is 9.85. The van der Waals surface area contributed by atoms with Gasteiger partial charge in [0, 0.05) is 4.88 Å². The number of hydrogen-bond acceptors (Lipinski definition) is 2. The van der Waals surface area contributed by atoms with Crippen molar-refractivity contribution in [1.82, 2.24) is 4.98 Å². The average Bonchev–Trinajstić information content (AvgIpc) is 2.47. The molecular formula is C11H17NS. The Bertz CT molecular complexity index is 303. The third kappa shape index (κ3) is 1.64. The fraction of sp³-hybridized carbons (Fsp3) is 0.727. The lowest BCUT2D eigenvalue weighted by Gasteiger charge is -2.22. The molecule has 1 aromatic heterocycles. The molecule has 1 nitrogen and oxygen atoms in total. The molecule has 72 valence electrons. The fourth-order valence-corrected chi connectivity index (χ4v) is 3.50. The zero-order valence-corrected chi connectivity index (χ0v) is 9.45. The molecule has 0 radical (unpaired) electrons. The maximum atomic E-state index is 4.70. The largest absolute Gasteiger partial charge is 0.246 e. The number of nitrogens with zero attached hydrogens (tertiary/aromatic N) is 1. The molecule has 0 aromatic carbocycles. The summed E-state index contributed by atoms with van der Waals surface area (Å²) in [5.74, 6) is 1.54. The van der Waals surface area contributed by atoms with E-state index in [-0.39, 0.29) is 0 Å². The number of aromatic nitrogens is 1. The van der Waals surface area contributed by atoms with Gasteiger partial charge >= 0.3 is 0 Å². The summed E-state index contributed by atoms with van der Waals surface area (Å²) >= 11 is 1.93. The van der Waals surface area contributed by atoms with Crippen LogP contribution in [0.1, 0.15) is 48.7 Å². The quantitative estimate of drug-likeness (QED) is 0.669. The van der Waals surface area contributed by atoms with Crippen LogP contribution < -0.4 is 0 Å². The van der Waals surface area contributed by atoms with Crippen LogP contribution in [0.4, 0.5) is 0 Å². The van der Waals surface area contributed by atoms with E-state index in [0.717, 1.165) is 12.3 Å². The maximum Gasteiger partial charge on any atom is 0.0928 e. The molecule has 0 spiro atoms. The lowest BCUT2D eigenvalue weighted by molar-refractivity contribution is 0.448. The summed E-state index contributed by atoms with van der Waals surface area (Å²) < 4.78 is 0. The summed E-state index contributed by atoms with van der Waals surface area (Å²) in [6, 6.07) is 0. The van der Waals surface area contributed by atoms with Crippen LogP contribution in [0.2, 0.25) is 0 Å². The van der Waals surface area contributed by atoms with Crippen molar-refractivity contribution in [1.29, 1.82) is 0 Å². The van der Waals surface area contributed by atoms with Crippen molar-refractivity contribution >= 4 is 11.3 Å². The van der Waals surface area contributed by atoms with Crippen LogP contribution in [-0.2, 0) is 12.8 Å². The molecule has 2 unspecified atom stereocenters. The monoisotopic (exact) mass is 195 g/mol. The van der Waals surface area contributed by atoms with E-state index in [2.05, 4.69) is 20.8 Å². The molecule has 1 aliphatic carbocycles. The first-order valence-electron chi connectivity index (χ1n) is 5.19. The van der Waals surface area contributed by atoms with Crippen molar-refractivity contribution in [2.75, 3.05) is 0 Å². The Morgan fingerprint density at radius 2 is 2.23 bits per heavy atom. The first-order chi connectivity index (χ1) is 6.20. The highest BCUT2D eigenvalue weighted by atomic mass is 32.1. The molecule has 2 rings (SSSR count). The minimum absolute atomic E-state index is 0.690. The van der Waals surface area contributed by atoms with Crippen LogP contribution >= 0.6 is 11.3 Å². The molecular weight excluding hydrogens is 178 g/mol. The summed E-state index contributed by atoms with van der Waals surface area (Å²) in [6.45, 7) is 6.86. The molecule has 0 N–H and O–H groups in total. The van der Waals surface area contributed by atoms with Gasteiger partial charge < -0.3 is 0 Å². The first kappa shape index (κ1) is 9.20. The van der Waals surface area contributed by atoms with E-state index < -0.39 is 0 Å². The highest BCUT2D eigenvalue weighted by molar-refractivity contribution is 7.11. The van der Waals surface area contributed by atoms with Gasteiger partial charge in [0.1, 0.15) is 0 Å². The van der Waals surface area contributed by atoms with Gasteiger partial charge in [0.25, 0.3) is 0 Å². The third-order valence-electron chi connectivity index (χ3n) is 2.83. The molecule has 13 heavy (non-hydrogen) atoms. The Morgan fingerprint density at radius 1 is 1.46 bits per heavy atom. The van der Waals surface area contributed by atoms with Gasteiger partial charge in [0.05, 0.1) is 10.7 Å². The summed E-state index contributed by atoms with van der Waals surface area (Å²) in [4.78, 5) is 6.26. The second kappa shape index (κ2) is 3.41. The van der Waals surface area contributed by atoms with E-state index >= 15 is 0 Å². The van der Waals surface area contributed by atoms with Crippen LogP contribution in [0.25, 0.3) is 0 Å². The van der Waals surface area contributed by atoms with Gasteiger partial charge in [-0.15, -0.1) is 11.3 Å². The smallest absolute Gasteiger partial charge is 0.0928 e. The van der Waals surface area contributed by atoms with Gasteiger partial charge in [-0.2, -0.15) is 0 Å². The van der Waals surface area contributed by atoms with Gasteiger partial charge in [-0.3, -0.25) is 0 Å². The highest BCUT2D eigenvalue weighted by Gasteiger charge is 2.24. The van der Waals surface area contributed by atoms with Crippen molar-refractivity contribution < 1.29 is 0 Å². The van der Waals surface area contributed by atoms with Crippen LogP contribution in [-0.4, -0.2) is 4.98 Å². The van der Waals surface area contributed by atoms with Gasteiger partial charge in [-0.25, -0.2) is 4.98 Å². The molecule has 1 aromatic rings. The number of aryl methyl sites for hydroxylation is 1. The normalized spacial score (nSPS) is 27.3. The molecule has 0 aliphatic heterocycles. The van der Waals surface area contributed by atoms with Crippen molar-refractivity contribution in [3.8, 4) is 0 Å². The predicted molar refractivity (Wildman–Crippen MR) is 57.4 cm³/mol. The van der Waals surface area contributed by atoms with Gasteiger partial charge in [0.15, 0.2) is 0 Å². The Labute approximate surface area is 84.2 Å². The van der Waals surface area contributed by atoms with Gasteiger partial charge in [0.2, 0.25) is 0 Å². The predicted octanol–water partition coefficient (Wildman–Crippen LogP) is 3.39. The number of fused-ring (bicyclic) bond motifs is 1. The maximum absolute atomic E-state index is 4.70. The molecule has 0 fully saturated rings. The Balaban J connectivity index is 2.35. The van der Waals surface area contributed by atoms with Crippen LogP contribution in [0.3, 0.4) is 0 Å². The van der Waals surface area contributed by atoms with E-state index in [4.69, 9.17) is 4.98 Å².